The van der Waals surface area contributed by atoms with Crippen molar-refractivity contribution in [3.63, 3.8) is 0 Å². The number of rotatable bonds is 24. The molecule has 0 aliphatic rings. The Labute approximate surface area is 199 Å². The molecular formula is C28H54O4. The Balaban J connectivity index is 3.37. The Morgan fingerprint density at radius 2 is 1.25 bits per heavy atom. The van der Waals surface area contributed by atoms with Crippen LogP contribution in [0, 0.1) is 5.92 Å². The van der Waals surface area contributed by atoms with Gasteiger partial charge in [-0.2, -0.15) is 0 Å². The number of unbranched alkanes of at least 4 members (excludes halogenated alkanes) is 14. The molecule has 0 bridgehead atoms. The van der Waals surface area contributed by atoms with Crippen LogP contribution in [0.3, 0.4) is 0 Å². The molecule has 0 saturated heterocycles. The monoisotopic (exact) mass is 454 g/mol. The van der Waals surface area contributed by atoms with Crippen molar-refractivity contribution < 1.29 is 19.7 Å². The lowest BCUT2D eigenvalue weighted by molar-refractivity contribution is -0.270. The van der Waals surface area contributed by atoms with E-state index in [0.717, 1.165) is 37.7 Å². The van der Waals surface area contributed by atoms with Crippen molar-refractivity contribution in [3.05, 3.63) is 12.2 Å². The molecule has 0 aliphatic carbocycles. The van der Waals surface area contributed by atoms with Crippen LogP contribution >= 0.6 is 0 Å². The molecule has 0 aromatic heterocycles. The standard InChI is InChI=1S/C28H54O4/c1-5-6-7-8-9-10-11-12-13-14-15-16-17-18-19-20-28(29)31-24-23-26(4)21-22-27(32-30)25(2)3/h26-27,30H,2,5-24H2,1,3-4H3. The maximum atomic E-state index is 11.9. The largest absolute Gasteiger partial charge is 0.466 e. The highest BCUT2D eigenvalue weighted by Crippen LogP contribution is 2.17. The lowest BCUT2D eigenvalue weighted by Gasteiger charge is -2.16. The van der Waals surface area contributed by atoms with Crippen LogP contribution in [-0.2, 0) is 14.4 Å². The Morgan fingerprint density at radius 3 is 1.69 bits per heavy atom. The number of carbonyl (C=O) groups is 1. The average Bonchev–Trinajstić information content (AvgIpc) is 2.76. The summed E-state index contributed by atoms with van der Waals surface area (Å²) in [7, 11) is 0. The van der Waals surface area contributed by atoms with Crippen molar-refractivity contribution >= 4 is 5.97 Å². The summed E-state index contributed by atoms with van der Waals surface area (Å²) in [6.45, 7) is 10.6. The minimum Gasteiger partial charge on any atom is -0.466 e. The SMILES string of the molecule is C=C(C)C(CCC(C)CCOC(=O)CCCCCCCCCCCCCCCCC)OO. The molecule has 190 valence electrons. The predicted molar refractivity (Wildman–Crippen MR) is 136 cm³/mol. The first-order valence-electron chi connectivity index (χ1n) is 13.6. The van der Waals surface area contributed by atoms with Gasteiger partial charge in [-0.25, -0.2) is 4.89 Å². The maximum absolute atomic E-state index is 11.9. The summed E-state index contributed by atoms with van der Waals surface area (Å²) in [5.74, 6) is 0.357. The molecule has 0 aromatic rings. The molecule has 0 fully saturated rings. The van der Waals surface area contributed by atoms with Crippen LogP contribution in [0.1, 0.15) is 143 Å². The number of esters is 1. The van der Waals surface area contributed by atoms with E-state index in [2.05, 4.69) is 25.3 Å². The molecule has 0 amide bonds. The Kier molecular flexibility index (Phi) is 22.7. The van der Waals surface area contributed by atoms with Gasteiger partial charge in [0.15, 0.2) is 0 Å². The second-order valence-corrected chi connectivity index (χ2v) is 9.83. The van der Waals surface area contributed by atoms with Gasteiger partial charge in [0, 0.05) is 6.42 Å². The minimum atomic E-state index is -0.301. The molecule has 4 heteroatoms. The Hall–Kier alpha value is -0.870. The molecule has 0 spiro atoms. The molecule has 2 unspecified atom stereocenters. The molecule has 0 aromatic carbocycles. The minimum absolute atomic E-state index is 0.0644. The number of hydrogen-bond donors (Lipinski definition) is 1. The van der Waals surface area contributed by atoms with Gasteiger partial charge in [-0.15, -0.1) is 0 Å². The fourth-order valence-corrected chi connectivity index (χ4v) is 4.06. The average molecular weight is 455 g/mol. The van der Waals surface area contributed by atoms with Gasteiger partial charge in [0.2, 0.25) is 0 Å². The van der Waals surface area contributed by atoms with Gasteiger partial charge in [0.1, 0.15) is 6.10 Å². The molecule has 0 rings (SSSR count). The van der Waals surface area contributed by atoms with Crippen molar-refractivity contribution in [3.8, 4) is 0 Å². The Bertz CT molecular complexity index is 435. The van der Waals surface area contributed by atoms with E-state index in [1.54, 1.807) is 0 Å². The van der Waals surface area contributed by atoms with E-state index in [0.29, 0.717) is 18.9 Å². The predicted octanol–water partition coefficient (Wildman–Crippen LogP) is 9.03. The van der Waals surface area contributed by atoms with Crippen LogP contribution in [0.15, 0.2) is 12.2 Å². The van der Waals surface area contributed by atoms with E-state index in [1.807, 2.05) is 6.92 Å². The second kappa shape index (κ2) is 23.3. The summed E-state index contributed by atoms with van der Waals surface area (Å²) >= 11 is 0. The summed E-state index contributed by atoms with van der Waals surface area (Å²) in [6.07, 6.45) is 22.7. The summed E-state index contributed by atoms with van der Waals surface area (Å²) in [4.78, 5) is 16.3. The van der Waals surface area contributed by atoms with Crippen molar-refractivity contribution in [1.29, 1.82) is 0 Å². The normalized spacial score (nSPS) is 13.1. The summed E-state index contributed by atoms with van der Waals surface area (Å²) in [5.41, 5.74) is 0.828. The molecule has 0 heterocycles. The second-order valence-electron chi connectivity index (χ2n) is 9.83. The van der Waals surface area contributed by atoms with Crippen LogP contribution in [-0.4, -0.2) is 23.9 Å². The van der Waals surface area contributed by atoms with Crippen molar-refractivity contribution in [2.24, 2.45) is 5.92 Å². The third-order valence-corrected chi connectivity index (χ3v) is 6.46. The summed E-state index contributed by atoms with van der Waals surface area (Å²) < 4.78 is 5.38. The zero-order valence-electron chi connectivity index (χ0n) is 21.7. The van der Waals surface area contributed by atoms with Gasteiger partial charge in [-0.3, -0.25) is 10.1 Å². The van der Waals surface area contributed by atoms with Crippen molar-refractivity contribution in [1.82, 2.24) is 0 Å². The lowest BCUT2D eigenvalue weighted by atomic mass is 9.98. The number of carbonyl (C=O) groups excluding carboxylic acids is 1. The lowest BCUT2D eigenvalue weighted by Crippen LogP contribution is -2.14. The molecule has 0 radical (unpaired) electrons. The van der Waals surface area contributed by atoms with Crippen LogP contribution in [0.5, 0.6) is 0 Å². The van der Waals surface area contributed by atoms with E-state index < -0.39 is 0 Å². The number of hydrogen-bond acceptors (Lipinski definition) is 4. The van der Waals surface area contributed by atoms with Crippen LogP contribution in [0.4, 0.5) is 0 Å². The van der Waals surface area contributed by atoms with Gasteiger partial charge in [0.05, 0.1) is 6.61 Å². The molecule has 4 nitrogen and oxygen atoms in total. The third-order valence-electron chi connectivity index (χ3n) is 6.46. The highest BCUT2D eigenvalue weighted by atomic mass is 17.1. The van der Waals surface area contributed by atoms with E-state index in [-0.39, 0.29) is 12.1 Å². The van der Waals surface area contributed by atoms with E-state index in [9.17, 15) is 4.79 Å². The first-order valence-corrected chi connectivity index (χ1v) is 13.6. The fraction of sp³-hybridized carbons (Fsp3) is 0.893. The van der Waals surface area contributed by atoms with E-state index >= 15 is 0 Å². The zero-order valence-corrected chi connectivity index (χ0v) is 21.7. The maximum Gasteiger partial charge on any atom is 0.305 e. The van der Waals surface area contributed by atoms with Gasteiger partial charge in [-0.1, -0.05) is 110 Å². The van der Waals surface area contributed by atoms with Crippen molar-refractivity contribution in [2.45, 2.75) is 149 Å². The number of ether oxygens (including phenoxy) is 1. The van der Waals surface area contributed by atoms with Crippen LogP contribution < -0.4 is 0 Å². The molecular weight excluding hydrogens is 400 g/mol. The third kappa shape index (κ3) is 21.0. The highest BCUT2D eigenvalue weighted by Gasteiger charge is 2.13. The smallest absolute Gasteiger partial charge is 0.305 e. The van der Waals surface area contributed by atoms with Gasteiger partial charge >= 0.3 is 5.97 Å². The van der Waals surface area contributed by atoms with Gasteiger partial charge in [0.25, 0.3) is 0 Å². The molecule has 1 N–H and O–H groups in total. The molecule has 32 heavy (non-hydrogen) atoms. The van der Waals surface area contributed by atoms with Crippen LogP contribution in [0.2, 0.25) is 0 Å². The topological polar surface area (TPSA) is 55.8 Å². The fourth-order valence-electron chi connectivity index (χ4n) is 4.06. The summed E-state index contributed by atoms with van der Waals surface area (Å²) in [5, 5.41) is 8.86. The van der Waals surface area contributed by atoms with Gasteiger partial charge in [-0.05, 0) is 44.1 Å². The first kappa shape index (κ1) is 31.1. The molecule has 0 saturated carbocycles. The molecule has 2 atom stereocenters. The van der Waals surface area contributed by atoms with Gasteiger partial charge < -0.3 is 4.74 Å². The highest BCUT2D eigenvalue weighted by molar-refractivity contribution is 5.69. The van der Waals surface area contributed by atoms with E-state index in [4.69, 9.17) is 9.99 Å². The quantitative estimate of drug-likeness (QED) is 0.0519. The zero-order chi connectivity index (χ0) is 23.9. The Morgan fingerprint density at radius 1 is 0.781 bits per heavy atom. The molecule has 0 aliphatic heterocycles. The van der Waals surface area contributed by atoms with Crippen LogP contribution in [0.25, 0.3) is 0 Å². The summed E-state index contributed by atoms with van der Waals surface area (Å²) in [6, 6.07) is 0. The first-order chi connectivity index (χ1) is 15.5. The van der Waals surface area contributed by atoms with E-state index in [1.165, 1.54) is 83.5 Å². The van der Waals surface area contributed by atoms with Crippen molar-refractivity contribution in [2.75, 3.05) is 6.61 Å².